The van der Waals surface area contributed by atoms with E-state index in [9.17, 15) is 9.59 Å². The van der Waals surface area contributed by atoms with Crippen LogP contribution in [-0.2, 0) is 9.59 Å². The van der Waals surface area contributed by atoms with E-state index >= 15 is 0 Å². The summed E-state index contributed by atoms with van der Waals surface area (Å²) in [6.07, 6.45) is 3.67. The summed E-state index contributed by atoms with van der Waals surface area (Å²) in [5.41, 5.74) is 2.10. The molecule has 2 aliphatic rings. The molecule has 1 aromatic heterocycles. The average Bonchev–Trinajstić information content (AvgIpc) is 3.21. The van der Waals surface area contributed by atoms with Gasteiger partial charge in [-0.25, -0.2) is 0 Å². The number of amides is 1. The monoisotopic (exact) mass is 367 g/mol. The predicted octanol–water partition coefficient (Wildman–Crippen LogP) is 3.82. The molecule has 2 heterocycles. The Labute approximate surface area is 157 Å². The molecule has 0 bridgehead atoms. The van der Waals surface area contributed by atoms with Gasteiger partial charge in [-0.3, -0.25) is 14.5 Å². The van der Waals surface area contributed by atoms with E-state index in [0.29, 0.717) is 41.4 Å². The number of Topliss-reactive ketones (excluding diaryl/α,β-unsaturated/α-hetero) is 1. The van der Waals surface area contributed by atoms with Crippen molar-refractivity contribution in [2.45, 2.75) is 31.6 Å². The number of carbonyl (C=O) groups excluding carboxylic acids is 2. The summed E-state index contributed by atoms with van der Waals surface area (Å²) >= 11 is 0. The minimum absolute atomic E-state index is 0.0693. The van der Waals surface area contributed by atoms with Crippen LogP contribution in [-0.4, -0.2) is 25.9 Å². The number of nitrogens with zero attached hydrogens (tertiary/aromatic N) is 1. The first-order chi connectivity index (χ1) is 13.1. The third kappa shape index (κ3) is 3.01. The van der Waals surface area contributed by atoms with Gasteiger partial charge in [-0.2, -0.15) is 0 Å². The zero-order valence-electron chi connectivity index (χ0n) is 15.4. The Morgan fingerprint density at radius 1 is 1.07 bits per heavy atom. The fourth-order valence-electron chi connectivity index (χ4n) is 3.95. The highest BCUT2D eigenvalue weighted by molar-refractivity contribution is 6.07. The van der Waals surface area contributed by atoms with Gasteiger partial charge in [-0.05, 0) is 25.0 Å². The van der Waals surface area contributed by atoms with Crippen molar-refractivity contribution < 1.29 is 23.5 Å². The molecule has 0 saturated heterocycles. The maximum atomic E-state index is 13.1. The second-order valence-corrected chi connectivity index (χ2v) is 6.71. The number of furan rings is 1. The summed E-state index contributed by atoms with van der Waals surface area (Å²) in [6.45, 7) is 0. The number of hydrogen-bond donors (Lipinski definition) is 0. The predicted molar refractivity (Wildman–Crippen MR) is 99.0 cm³/mol. The van der Waals surface area contributed by atoms with Crippen LogP contribution in [0.1, 0.15) is 37.4 Å². The summed E-state index contributed by atoms with van der Waals surface area (Å²) in [5, 5.41) is 0. The van der Waals surface area contributed by atoms with Gasteiger partial charge in [-0.1, -0.05) is 0 Å². The largest absolute Gasteiger partial charge is 0.497 e. The van der Waals surface area contributed by atoms with Gasteiger partial charge in [0.2, 0.25) is 5.91 Å². The molecule has 27 heavy (non-hydrogen) atoms. The Kier molecular flexibility index (Phi) is 4.48. The molecule has 1 amide bonds. The molecule has 0 radical (unpaired) electrons. The molecule has 0 N–H and O–H groups in total. The molecule has 6 nitrogen and oxygen atoms in total. The highest BCUT2D eigenvalue weighted by Gasteiger charge is 2.41. The number of methoxy groups -OCH3 is 2. The van der Waals surface area contributed by atoms with Crippen molar-refractivity contribution in [3.05, 3.63) is 53.6 Å². The molecule has 140 valence electrons. The first-order valence-electron chi connectivity index (χ1n) is 8.98. The van der Waals surface area contributed by atoms with Gasteiger partial charge in [0.15, 0.2) is 5.78 Å². The molecular weight excluding hydrogens is 346 g/mol. The summed E-state index contributed by atoms with van der Waals surface area (Å²) in [4.78, 5) is 27.5. The standard InChI is InChI=1S/C21H21NO5/c1-25-14-9-13(10-15(11-14)26-2)22-17-5-3-6-18(23)21(17)16(12-20(22)24)19-7-4-8-27-19/h4,7-11,16H,3,5-6,12H2,1-2H3. The molecule has 1 aromatic carbocycles. The maximum absolute atomic E-state index is 13.1. The maximum Gasteiger partial charge on any atom is 0.232 e. The van der Waals surface area contributed by atoms with Gasteiger partial charge in [0.05, 0.1) is 32.1 Å². The lowest BCUT2D eigenvalue weighted by Gasteiger charge is -2.37. The van der Waals surface area contributed by atoms with Crippen LogP contribution in [0, 0.1) is 0 Å². The van der Waals surface area contributed by atoms with Crippen LogP contribution in [0.5, 0.6) is 11.5 Å². The molecule has 1 aliphatic heterocycles. The molecule has 0 fully saturated rings. The highest BCUT2D eigenvalue weighted by Crippen LogP contribution is 2.44. The number of carbonyl (C=O) groups is 2. The molecule has 1 unspecified atom stereocenters. The van der Waals surface area contributed by atoms with Crippen LogP contribution in [0.25, 0.3) is 0 Å². The fourth-order valence-corrected chi connectivity index (χ4v) is 3.95. The number of hydrogen-bond acceptors (Lipinski definition) is 5. The van der Waals surface area contributed by atoms with Crippen molar-refractivity contribution in [2.24, 2.45) is 0 Å². The van der Waals surface area contributed by atoms with Crippen LogP contribution in [0.3, 0.4) is 0 Å². The van der Waals surface area contributed by atoms with Gasteiger partial charge in [0.25, 0.3) is 0 Å². The fraction of sp³-hybridized carbons (Fsp3) is 0.333. The van der Waals surface area contributed by atoms with Gasteiger partial charge in [0.1, 0.15) is 17.3 Å². The number of rotatable bonds is 4. The summed E-state index contributed by atoms with van der Waals surface area (Å²) < 4.78 is 16.2. The molecule has 2 aromatic rings. The molecule has 4 rings (SSSR count). The lowest BCUT2D eigenvalue weighted by atomic mass is 9.79. The van der Waals surface area contributed by atoms with Crippen molar-refractivity contribution >= 4 is 17.4 Å². The van der Waals surface area contributed by atoms with E-state index in [0.717, 1.165) is 12.1 Å². The van der Waals surface area contributed by atoms with E-state index in [-0.39, 0.29) is 24.0 Å². The first kappa shape index (κ1) is 17.4. The molecule has 0 spiro atoms. The number of ketones is 1. The lowest BCUT2D eigenvalue weighted by Crippen LogP contribution is -2.40. The Morgan fingerprint density at radius 3 is 2.44 bits per heavy atom. The van der Waals surface area contributed by atoms with E-state index in [1.165, 1.54) is 0 Å². The topological polar surface area (TPSA) is 69.0 Å². The van der Waals surface area contributed by atoms with E-state index in [1.807, 2.05) is 6.07 Å². The second kappa shape index (κ2) is 6.95. The smallest absolute Gasteiger partial charge is 0.232 e. The van der Waals surface area contributed by atoms with E-state index in [2.05, 4.69) is 0 Å². The molecular formula is C21H21NO5. The number of allylic oxidation sites excluding steroid dienone is 2. The SMILES string of the molecule is COc1cc(OC)cc(N2C(=O)CC(c3ccco3)C3=C2CCCC3=O)c1. The zero-order valence-corrected chi connectivity index (χ0v) is 15.4. The van der Waals surface area contributed by atoms with Crippen molar-refractivity contribution in [2.75, 3.05) is 19.1 Å². The molecule has 1 atom stereocenters. The summed E-state index contributed by atoms with van der Waals surface area (Å²) in [7, 11) is 3.14. The average molecular weight is 367 g/mol. The third-order valence-electron chi connectivity index (χ3n) is 5.16. The van der Waals surface area contributed by atoms with Crippen molar-refractivity contribution in [1.29, 1.82) is 0 Å². The Hall–Kier alpha value is -3.02. The minimum atomic E-state index is -0.320. The number of benzene rings is 1. The zero-order chi connectivity index (χ0) is 19.0. The minimum Gasteiger partial charge on any atom is -0.497 e. The first-order valence-corrected chi connectivity index (χ1v) is 8.98. The van der Waals surface area contributed by atoms with Crippen molar-refractivity contribution in [3.8, 4) is 11.5 Å². The Morgan fingerprint density at radius 2 is 1.81 bits per heavy atom. The summed E-state index contributed by atoms with van der Waals surface area (Å²) in [6, 6.07) is 8.95. The van der Waals surface area contributed by atoms with E-state index < -0.39 is 0 Å². The van der Waals surface area contributed by atoms with Gasteiger partial charge < -0.3 is 13.9 Å². The van der Waals surface area contributed by atoms with Crippen LogP contribution in [0.4, 0.5) is 5.69 Å². The normalized spacial score (nSPS) is 19.9. The van der Waals surface area contributed by atoms with Gasteiger partial charge in [-0.15, -0.1) is 0 Å². The quantitative estimate of drug-likeness (QED) is 0.822. The summed E-state index contributed by atoms with van der Waals surface area (Å²) in [5.74, 6) is 1.54. The molecule has 6 heteroatoms. The van der Waals surface area contributed by atoms with Crippen LogP contribution in [0.15, 0.2) is 52.3 Å². The lowest BCUT2D eigenvalue weighted by molar-refractivity contribution is -0.120. The number of anilines is 1. The van der Waals surface area contributed by atoms with Crippen LogP contribution in [0.2, 0.25) is 0 Å². The Balaban J connectivity index is 1.86. The Bertz CT molecular complexity index is 890. The van der Waals surface area contributed by atoms with Crippen LogP contribution >= 0.6 is 0 Å². The number of ether oxygens (including phenoxy) is 2. The van der Waals surface area contributed by atoms with E-state index in [1.54, 1.807) is 49.6 Å². The molecule has 0 saturated carbocycles. The van der Waals surface area contributed by atoms with Crippen LogP contribution < -0.4 is 14.4 Å². The van der Waals surface area contributed by atoms with Crippen molar-refractivity contribution in [1.82, 2.24) is 0 Å². The highest BCUT2D eigenvalue weighted by atomic mass is 16.5. The van der Waals surface area contributed by atoms with E-state index in [4.69, 9.17) is 13.9 Å². The molecule has 1 aliphatic carbocycles. The second-order valence-electron chi connectivity index (χ2n) is 6.71. The van der Waals surface area contributed by atoms with Gasteiger partial charge in [0, 0.05) is 42.3 Å². The third-order valence-corrected chi connectivity index (χ3v) is 5.16. The van der Waals surface area contributed by atoms with Crippen molar-refractivity contribution in [3.63, 3.8) is 0 Å². The van der Waals surface area contributed by atoms with Gasteiger partial charge >= 0.3 is 0 Å².